The lowest BCUT2D eigenvalue weighted by Gasteiger charge is -2.04. The van der Waals surface area contributed by atoms with E-state index in [4.69, 9.17) is 7.58 Å². The number of carbonyl (C=O) groups excluding carboxylic acids is 2. The summed E-state index contributed by atoms with van der Waals surface area (Å²) >= 11 is -0.730. The molecule has 0 fully saturated rings. The van der Waals surface area contributed by atoms with Gasteiger partial charge in [-0.1, -0.05) is 18.2 Å². The Labute approximate surface area is 101 Å². The maximum atomic E-state index is 11.3. The van der Waals surface area contributed by atoms with Crippen LogP contribution in [0.25, 0.3) is 0 Å². The molecule has 0 bridgehead atoms. The SMILES string of the molecule is C[O][Al][O]C(=O)Cc1cccc(C(C)=O)c1. The van der Waals surface area contributed by atoms with Crippen molar-refractivity contribution in [3.8, 4) is 0 Å². The van der Waals surface area contributed by atoms with Crippen LogP contribution in [0.5, 0.6) is 0 Å². The predicted molar refractivity (Wildman–Crippen MR) is 59.0 cm³/mol. The Hall–Kier alpha value is -1.15. The summed E-state index contributed by atoms with van der Waals surface area (Å²) in [5.74, 6) is -0.352. The van der Waals surface area contributed by atoms with Crippen LogP contribution in [0.1, 0.15) is 22.8 Å². The lowest BCUT2D eigenvalue weighted by atomic mass is 10.1. The Morgan fingerprint density at radius 1 is 1.38 bits per heavy atom. The zero-order valence-electron chi connectivity index (χ0n) is 9.23. The number of Topliss-reactive ketones (excluding diaryl/α,β-unsaturated/α-hetero) is 1. The fourth-order valence-electron chi connectivity index (χ4n) is 1.21. The first-order chi connectivity index (χ1) is 7.63. The fraction of sp³-hybridized carbons (Fsp3) is 0.273. The van der Waals surface area contributed by atoms with Gasteiger partial charge in [-0.25, -0.2) is 0 Å². The number of hydrogen-bond acceptors (Lipinski definition) is 4. The standard InChI is InChI=1S/C10H10O3.CH3O.Al/c1-7(11)9-4-2-3-8(5-9)6-10(12)13;1-2;/h2-5H,6H2,1H3,(H,12,13);1H3;/q;-1;+2/p-1. The molecule has 0 N–H and O–H groups in total. The van der Waals surface area contributed by atoms with Crippen LogP contribution in [-0.2, 0) is 18.8 Å². The third-order valence-corrected chi connectivity index (χ3v) is 2.51. The Morgan fingerprint density at radius 3 is 2.75 bits per heavy atom. The summed E-state index contributed by atoms with van der Waals surface area (Å²) in [5, 5.41) is 0. The normalized spacial score (nSPS) is 9.62. The Kier molecular flexibility index (Phi) is 5.20. The van der Waals surface area contributed by atoms with E-state index in [1.54, 1.807) is 24.3 Å². The van der Waals surface area contributed by atoms with Crippen LogP contribution in [0.2, 0.25) is 0 Å². The molecule has 0 aromatic heterocycles. The molecule has 5 heteroatoms. The molecule has 0 heterocycles. The Balaban J connectivity index is 2.63. The van der Waals surface area contributed by atoms with Gasteiger partial charge in [-0.05, 0) is 18.6 Å². The summed E-state index contributed by atoms with van der Waals surface area (Å²) in [6.07, 6.45) is 0.164. The molecule has 4 nitrogen and oxygen atoms in total. The molecule has 1 aromatic carbocycles. The van der Waals surface area contributed by atoms with Gasteiger partial charge >= 0.3 is 15.9 Å². The first kappa shape index (κ1) is 12.9. The number of hydrogen-bond donors (Lipinski definition) is 0. The second kappa shape index (κ2) is 6.44. The van der Waals surface area contributed by atoms with Crippen molar-refractivity contribution < 1.29 is 17.2 Å². The second-order valence-electron chi connectivity index (χ2n) is 3.26. The van der Waals surface area contributed by atoms with Crippen molar-refractivity contribution >= 4 is 27.6 Å². The summed E-state index contributed by atoms with van der Waals surface area (Å²) in [5.41, 5.74) is 1.37. The topological polar surface area (TPSA) is 52.6 Å². The van der Waals surface area contributed by atoms with Crippen LogP contribution in [0, 0.1) is 0 Å². The lowest BCUT2D eigenvalue weighted by molar-refractivity contribution is -0.134. The van der Waals surface area contributed by atoms with Gasteiger partial charge in [0.25, 0.3) is 5.97 Å². The third kappa shape index (κ3) is 4.15. The van der Waals surface area contributed by atoms with Crippen LogP contribution < -0.4 is 0 Å². The molecule has 83 valence electrons. The van der Waals surface area contributed by atoms with Crippen molar-refractivity contribution in [2.24, 2.45) is 0 Å². The molecule has 1 aromatic rings. The monoisotopic (exact) mass is 235 g/mol. The largest absolute Gasteiger partial charge is 0.776 e. The average molecular weight is 235 g/mol. The van der Waals surface area contributed by atoms with Gasteiger partial charge in [-0.15, -0.1) is 0 Å². The van der Waals surface area contributed by atoms with Crippen molar-refractivity contribution in [3.05, 3.63) is 35.4 Å². The third-order valence-electron chi connectivity index (χ3n) is 1.96. The van der Waals surface area contributed by atoms with E-state index in [0.29, 0.717) is 5.56 Å². The van der Waals surface area contributed by atoms with Crippen LogP contribution in [-0.4, -0.2) is 34.7 Å². The molecule has 0 aliphatic carbocycles. The minimum Gasteiger partial charge on any atom is -0.599 e. The maximum Gasteiger partial charge on any atom is 0.776 e. The number of benzene rings is 1. The first-order valence-electron chi connectivity index (χ1n) is 4.77. The molecule has 0 unspecified atom stereocenters. The minimum atomic E-state index is -0.730. The average Bonchev–Trinajstić information content (AvgIpc) is 2.26. The molecule has 0 saturated heterocycles. The smallest absolute Gasteiger partial charge is 0.599 e. The number of ketones is 1. The van der Waals surface area contributed by atoms with E-state index in [2.05, 4.69) is 0 Å². The molecule has 0 aliphatic heterocycles. The van der Waals surface area contributed by atoms with Gasteiger partial charge in [0, 0.05) is 12.7 Å². The van der Waals surface area contributed by atoms with E-state index in [-0.39, 0.29) is 18.2 Å². The van der Waals surface area contributed by atoms with Gasteiger partial charge in [0.15, 0.2) is 5.78 Å². The van der Waals surface area contributed by atoms with E-state index >= 15 is 0 Å². The summed E-state index contributed by atoms with van der Waals surface area (Å²) in [6.45, 7) is 1.49. The maximum absolute atomic E-state index is 11.3. The van der Waals surface area contributed by atoms with Crippen molar-refractivity contribution in [1.82, 2.24) is 0 Å². The van der Waals surface area contributed by atoms with Crippen molar-refractivity contribution in [1.29, 1.82) is 0 Å². The molecule has 0 amide bonds. The molecule has 0 aliphatic rings. The summed E-state index contributed by atoms with van der Waals surface area (Å²) in [4.78, 5) is 22.4. The predicted octanol–water partition coefficient (Wildman–Crippen LogP) is 1.16. The van der Waals surface area contributed by atoms with Crippen molar-refractivity contribution in [2.45, 2.75) is 13.3 Å². The molecule has 1 rings (SSSR count). The van der Waals surface area contributed by atoms with E-state index in [0.717, 1.165) is 5.56 Å². The molecule has 0 spiro atoms. The molecule has 0 saturated carbocycles. The molecule has 16 heavy (non-hydrogen) atoms. The lowest BCUT2D eigenvalue weighted by Crippen LogP contribution is -2.12. The van der Waals surface area contributed by atoms with E-state index in [1.165, 1.54) is 14.0 Å². The van der Waals surface area contributed by atoms with Crippen LogP contribution in [0.3, 0.4) is 0 Å². The van der Waals surface area contributed by atoms with Crippen molar-refractivity contribution in [3.63, 3.8) is 0 Å². The van der Waals surface area contributed by atoms with Crippen LogP contribution >= 0.6 is 0 Å². The highest BCUT2D eigenvalue weighted by atomic mass is 27.2. The second-order valence-corrected chi connectivity index (χ2v) is 4.15. The highest BCUT2D eigenvalue weighted by Crippen LogP contribution is 2.07. The van der Waals surface area contributed by atoms with Gasteiger partial charge in [0.2, 0.25) is 0 Å². The Bertz CT molecular complexity index is 389. The molecule has 1 radical (unpaired) electrons. The zero-order chi connectivity index (χ0) is 12.0. The highest BCUT2D eigenvalue weighted by Gasteiger charge is 2.08. The number of carbonyl (C=O) groups is 2. The van der Waals surface area contributed by atoms with Gasteiger partial charge in [0.1, 0.15) is 0 Å². The Morgan fingerprint density at radius 2 is 2.12 bits per heavy atom. The number of rotatable bonds is 5. The highest BCUT2D eigenvalue weighted by molar-refractivity contribution is 6.22. The molecule has 0 atom stereocenters. The van der Waals surface area contributed by atoms with Gasteiger partial charge in [-0.3, -0.25) is 9.59 Å². The quantitative estimate of drug-likeness (QED) is 0.567. The minimum absolute atomic E-state index is 0.0160. The first-order valence-corrected chi connectivity index (χ1v) is 5.71. The van der Waals surface area contributed by atoms with Gasteiger partial charge in [0.05, 0.1) is 6.42 Å². The molecular formula is C11H12AlO4. The van der Waals surface area contributed by atoms with Gasteiger partial charge < -0.3 is 7.58 Å². The van der Waals surface area contributed by atoms with Crippen LogP contribution in [0.4, 0.5) is 0 Å². The fourth-order valence-corrected chi connectivity index (χ4v) is 1.50. The van der Waals surface area contributed by atoms with E-state index in [1.807, 2.05) is 0 Å². The van der Waals surface area contributed by atoms with Crippen LogP contribution in [0.15, 0.2) is 24.3 Å². The van der Waals surface area contributed by atoms with Crippen molar-refractivity contribution in [2.75, 3.05) is 7.11 Å². The summed E-state index contributed by atoms with van der Waals surface area (Å²) < 4.78 is 9.53. The molecular weight excluding hydrogens is 223 g/mol. The summed E-state index contributed by atoms with van der Waals surface area (Å²) in [6, 6.07) is 6.96. The van der Waals surface area contributed by atoms with E-state index in [9.17, 15) is 9.59 Å². The summed E-state index contributed by atoms with van der Waals surface area (Å²) in [7, 11) is 1.49. The zero-order valence-corrected chi connectivity index (χ0v) is 10.4. The van der Waals surface area contributed by atoms with Gasteiger partial charge in [-0.2, -0.15) is 0 Å². The van der Waals surface area contributed by atoms with E-state index < -0.39 is 15.9 Å².